The summed E-state index contributed by atoms with van der Waals surface area (Å²) in [5.41, 5.74) is 0. The molecule has 0 saturated carbocycles. The molecule has 141 valence electrons. The Labute approximate surface area is 155 Å². The molecule has 0 unspecified atom stereocenters. The fourth-order valence-corrected chi connectivity index (χ4v) is 2.19. The first-order valence-electron chi connectivity index (χ1n) is 7.71. The second-order valence-electron chi connectivity index (χ2n) is 5.10. The third-order valence-corrected chi connectivity index (χ3v) is 3.35. The van der Waals surface area contributed by atoms with Crippen molar-refractivity contribution in [2.24, 2.45) is 0 Å². The zero-order chi connectivity index (χ0) is 11.9. The first-order chi connectivity index (χ1) is 7.91. The number of rotatable bonds is 13. The first kappa shape index (κ1) is 37.8. The van der Waals surface area contributed by atoms with Gasteiger partial charge in [0, 0.05) is 17.1 Å². The Hall–Kier alpha value is 0.809. The molecule has 0 amide bonds. The van der Waals surface area contributed by atoms with Crippen molar-refractivity contribution in [1.29, 1.82) is 0 Å². The SMILES string of the molecule is Cl.[CH2-]CCCCCCCCCCCCCCC.[CH3-].[CH3-].[CH3-].[Cu]. The minimum absolute atomic E-state index is 0. The number of hydrogen-bond acceptors (Lipinski definition) is 0. The van der Waals surface area contributed by atoms with Crippen LogP contribution in [0, 0.1) is 29.2 Å². The molecule has 0 aliphatic rings. The van der Waals surface area contributed by atoms with Crippen molar-refractivity contribution in [1.82, 2.24) is 0 Å². The smallest absolute Gasteiger partial charge is 0 e. The zero-order valence-corrected chi connectivity index (χ0v) is 17.1. The summed E-state index contributed by atoms with van der Waals surface area (Å²) in [6.45, 7) is 6.16. The first-order valence-corrected chi connectivity index (χ1v) is 7.71. The van der Waals surface area contributed by atoms with E-state index in [1.165, 1.54) is 83.5 Å². The van der Waals surface area contributed by atoms with E-state index < -0.39 is 0 Å². The van der Waals surface area contributed by atoms with Crippen LogP contribution in [-0.4, -0.2) is 0 Å². The van der Waals surface area contributed by atoms with Gasteiger partial charge >= 0.3 is 0 Å². The summed E-state index contributed by atoms with van der Waals surface area (Å²) in [6.07, 6.45) is 19.8. The van der Waals surface area contributed by atoms with Crippen LogP contribution >= 0.6 is 12.4 Å². The van der Waals surface area contributed by atoms with E-state index >= 15 is 0 Å². The number of halogens is 1. The minimum Gasteiger partial charge on any atom is -0.358 e. The van der Waals surface area contributed by atoms with Gasteiger partial charge < -0.3 is 29.2 Å². The van der Waals surface area contributed by atoms with Crippen molar-refractivity contribution in [2.75, 3.05) is 0 Å². The van der Waals surface area contributed by atoms with E-state index in [0.29, 0.717) is 0 Å². The Morgan fingerprint density at radius 1 is 0.524 bits per heavy atom. The predicted molar refractivity (Wildman–Crippen MR) is 102 cm³/mol. The molecule has 0 heterocycles. The molecule has 21 heavy (non-hydrogen) atoms. The van der Waals surface area contributed by atoms with E-state index in [-0.39, 0.29) is 51.8 Å². The molecular formula is C19H43ClCu-4. The predicted octanol–water partition coefficient (Wildman–Crippen LogP) is 8.07. The van der Waals surface area contributed by atoms with Crippen LogP contribution in [0.1, 0.15) is 96.8 Å². The van der Waals surface area contributed by atoms with Gasteiger partial charge in [-0.15, -0.1) is 12.4 Å². The van der Waals surface area contributed by atoms with Crippen molar-refractivity contribution in [2.45, 2.75) is 96.8 Å². The van der Waals surface area contributed by atoms with E-state index in [2.05, 4.69) is 13.8 Å². The fourth-order valence-electron chi connectivity index (χ4n) is 2.19. The zero-order valence-electron chi connectivity index (χ0n) is 15.3. The molecule has 0 aromatic rings. The van der Waals surface area contributed by atoms with Crippen LogP contribution < -0.4 is 0 Å². The standard InChI is InChI=1S/C16H33.3CH3.ClH.Cu/c1-3-5-7-9-11-13-15-16-14-12-10-8-6-4-2;;;;;/h1,3-16H2,2H3;3*1H3;1H;/q4*-1;;. The average Bonchev–Trinajstić information content (AvgIpc) is 2.31. The molecule has 0 aromatic carbocycles. The summed E-state index contributed by atoms with van der Waals surface area (Å²) in [5, 5.41) is 0. The molecular weight excluding hydrogens is 327 g/mol. The Kier molecular flexibility index (Phi) is 67.0. The third-order valence-electron chi connectivity index (χ3n) is 3.35. The molecule has 0 aliphatic carbocycles. The van der Waals surface area contributed by atoms with Crippen molar-refractivity contribution in [3.8, 4) is 0 Å². The van der Waals surface area contributed by atoms with Gasteiger partial charge in [-0.1, -0.05) is 90.4 Å². The van der Waals surface area contributed by atoms with Crippen molar-refractivity contribution in [3.05, 3.63) is 29.2 Å². The van der Waals surface area contributed by atoms with Gasteiger partial charge in [0.2, 0.25) is 0 Å². The Balaban J connectivity index is -0.000000112. The van der Waals surface area contributed by atoms with Gasteiger partial charge in [0.05, 0.1) is 0 Å². The number of hydrogen-bond donors (Lipinski definition) is 0. The molecule has 0 rings (SSSR count). The van der Waals surface area contributed by atoms with Crippen LogP contribution in [-0.2, 0) is 17.1 Å². The average molecular weight is 371 g/mol. The Morgan fingerprint density at radius 3 is 1.00 bits per heavy atom. The molecule has 0 atom stereocenters. The van der Waals surface area contributed by atoms with Gasteiger partial charge in [-0.2, -0.15) is 6.42 Å². The van der Waals surface area contributed by atoms with Crippen LogP contribution in [0.3, 0.4) is 0 Å². The minimum atomic E-state index is 0. The van der Waals surface area contributed by atoms with Gasteiger partial charge in [0.15, 0.2) is 0 Å². The molecule has 0 aromatic heterocycles. The maximum absolute atomic E-state index is 3.87. The van der Waals surface area contributed by atoms with Gasteiger partial charge in [-0.25, -0.2) is 0 Å². The summed E-state index contributed by atoms with van der Waals surface area (Å²) in [5.74, 6) is 0. The van der Waals surface area contributed by atoms with E-state index in [9.17, 15) is 0 Å². The Bertz CT molecular complexity index is 104. The second-order valence-corrected chi connectivity index (χ2v) is 5.10. The summed E-state index contributed by atoms with van der Waals surface area (Å²) in [4.78, 5) is 0. The van der Waals surface area contributed by atoms with Crippen LogP contribution in [0.4, 0.5) is 0 Å². The molecule has 0 aliphatic heterocycles. The fraction of sp³-hybridized carbons (Fsp3) is 0.789. The second kappa shape index (κ2) is 37.2. The summed E-state index contributed by atoms with van der Waals surface area (Å²) in [7, 11) is 0. The molecule has 1 radical (unpaired) electrons. The maximum Gasteiger partial charge on any atom is 0 e. The van der Waals surface area contributed by atoms with Crippen LogP contribution in [0.5, 0.6) is 0 Å². The van der Waals surface area contributed by atoms with Gasteiger partial charge in [-0.05, 0) is 0 Å². The monoisotopic (exact) mass is 369 g/mol. The van der Waals surface area contributed by atoms with Crippen molar-refractivity contribution >= 4 is 12.4 Å². The maximum atomic E-state index is 3.87. The topological polar surface area (TPSA) is 0 Å². The number of unbranched alkanes of at least 4 members (excludes halogenated alkanes) is 13. The molecule has 0 fully saturated rings. The van der Waals surface area contributed by atoms with Crippen molar-refractivity contribution in [3.63, 3.8) is 0 Å². The van der Waals surface area contributed by atoms with Crippen LogP contribution in [0.2, 0.25) is 0 Å². The normalized spacial score (nSPS) is 8.29. The van der Waals surface area contributed by atoms with Gasteiger partial charge in [0.1, 0.15) is 0 Å². The summed E-state index contributed by atoms with van der Waals surface area (Å²) < 4.78 is 0. The molecule has 0 bridgehead atoms. The largest absolute Gasteiger partial charge is 0.358 e. The third kappa shape index (κ3) is 38.6. The molecule has 0 N–H and O–H groups in total. The van der Waals surface area contributed by atoms with E-state index in [0.717, 1.165) is 6.42 Å². The van der Waals surface area contributed by atoms with E-state index in [4.69, 9.17) is 0 Å². The quantitative estimate of drug-likeness (QED) is 0.175. The molecule has 0 saturated heterocycles. The molecule has 0 spiro atoms. The van der Waals surface area contributed by atoms with Gasteiger partial charge in [0.25, 0.3) is 0 Å². The van der Waals surface area contributed by atoms with E-state index in [1.54, 1.807) is 0 Å². The molecule has 0 nitrogen and oxygen atoms in total. The molecule has 2 heteroatoms. The van der Waals surface area contributed by atoms with Gasteiger partial charge in [-0.3, -0.25) is 0 Å². The Morgan fingerprint density at radius 2 is 0.762 bits per heavy atom. The van der Waals surface area contributed by atoms with Crippen LogP contribution in [0.15, 0.2) is 0 Å². The van der Waals surface area contributed by atoms with Crippen LogP contribution in [0.25, 0.3) is 0 Å². The summed E-state index contributed by atoms with van der Waals surface area (Å²) in [6, 6.07) is 0. The van der Waals surface area contributed by atoms with Crippen molar-refractivity contribution < 1.29 is 17.1 Å². The van der Waals surface area contributed by atoms with E-state index in [1.807, 2.05) is 0 Å². The summed E-state index contributed by atoms with van der Waals surface area (Å²) >= 11 is 0.